The standard InChI is InChI=1S/C20H19ClN4O2S/c21-15-3-4-18(25-5-7-27-8-6-25)17(10-15)24-19(26)14(11-22)9-16-12-28-20(23-16)13-1-2-13/h3-4,9-10,12-13H,1-2,5-8H2,(H,24,26)/b14-9-. The average Bonchev–Trinajstić information content (AvgIpc) is 3.45. The summed E-state index contributed by atoms with van der Waals surface area (Å²) in [6, 6.07) is 7.35. The summed E-state index contributed by atoms with van der Waals surface area (Å²) in [4.78, 5) is 19.4. The van der Waals surface area contributed by atoms with Gasteiger partial charge in [0, 0.05) is 29.4 Å². The van der Waals surface area contributed by atoms with Crippen molar-refractivity contribution in [2.45, 2.75) is 18.8 Å². The van der Waals surface area contributed by atoms with E-state index in [1.54, 1.807) is 23.5 Å². The molecule has 6 nitrogen and oxygen atoms in total. The van der Waals surface area contributed by atoms with Gasteiger partial charge in [-0.15, -0.1) is 11.3 Å². The van der Waals surface area contributed by atoms with E-state index in [4.69, 9.17) is 16.3 Å². The third-order valence-corrected chi connectivity index (χ3v) is 5.94. The van der Waals surface area contributed by atoms with Crippen LogP contribution in [0.2, 0.25) is 5.02 Å². The molecule has 8 heteroatoms. The number of aromatic nitrogens is 1. The Morgan fingerprint density at radius 1 is 1.39 bits per heavy atom. The highest BCUT2D eigenvalue weighted by atomic mass is 35.5. The first-order valence-electron chi connectivity index (χ1n) is 9.15. The minimum absolute atomic E-state index is 0.0144. The quantitative estimate of drug-likeness (QED) is 0.589. The zero-order valence-electron chi connectivity index (χ0n) is 15.2. The van der Waals surface area contributed by atoms with Crippen LogP contribution in [0, 0.1) is 11.3 Å². The first kappa shape index (κ1) is 18.9. The smallest absolute Gasteiger partial charge is 0.266 e. The lowest BCUT2D eigenvalue weighted by atomic mass is 10.2. The van der Waals surface area contributed by atoms with E-state index in [2.05, 4.69) is 15.2 Å². The molecule has 144 valence electrons. The number of morpholine rings is 1. The van der Waals surface area contributed by atoms with Gasteiger partial charge in [0.1, 0.15) is 11.6 Å². The number of benzene rings is 1. The summed E-state index contributed by atoms with van der Waals surface area (Å²) in [6.45, 7) is 2.72. The number of ether oxygens (including phenoxy) is 1. The van der Waals surface area contributed by atoms with Crippen LogP contribution < -0.4 is 10.2 Å². The molecule has 1 aliphatic carbocycles. The lowest BCUT2D eigenvalue weighted by molar-refractivity contribution is -0.112. The Kier molecular flexibility index (Phi) is 5.62. The number of nitrogens with zero attached hydrogens (tertiary/aromatic N) is 3. The molecule has 0 radical (unpaired) electrons. The predicted octanol–water partition coefficient (Wildman–Crippen LogP) is 4.06. The second-order valence-corrected chi connectivity index (χ2v) is 8.10. The lowest BCUT2D eigenvalue weighted by Gasteiger charge is -2.30. The number of amides is 1. The van der Waals surface area contributed by atoms with Crippen LogP contribution in [0.25, 0.3) is 6.08 Å². The van der Waals surface area contributed by atoms with Gasteiger partial charge >= 0.3 is 0 Å². The van der Waals surface area contributed by atoms with Crippen LogP contribution in [-0.4, -0.2) is 37.2 Å². The van der Waals surface area contributed by atoms with Gasteiger partial charge in [-0.25, -0.2) is 4.98 Å². The molecule has 1 saturated carbocycles. The Morgan fingerprint density at radius 3 is 2.89 bits per heavy atom. The molecule has 1 N–H and O–H groups in total. The van der Waals surface area contributed by atoms with Gasteiger partial charge < -0.3 is 15.0 Å². The van der Waals surface area contributed by atoms with Gasteiger partial charge in [0.2, 0.25) is 0 Å². The van der Waals surface area contributed by atoms with Crippen molar-refractivity contribution in [2.24, 2.45) is 0 Å². The Hall–Kier alpha value is -2.40. The van der Waals surface area contributed by atoms with Crippen molar-refractivity contribution in [1.29, 1.82) is 5.26 Å². The minimum Gasteiger partial charge on any atom is -0.378 e. The fourth-order valence-corrected chi connectivity index (χ4v) is 4.18. The van der Waals surface area contributed by atoms with Crippen molar-refractivity contribution in [3.8, 4) is 6.07 Å². The van der Waals surface area contributed by atoms with Crippen LogP contribution in [0.1, 0.15) is 29.5 Å². The van der Waals surface area contributed by atoms with Gasteiger partial charge in [0.15, 0.2) is 0 Å². The highest BCUT2D eigenvalue weighted by Gasteiger charge is 2.26. The molecule has 1 aromatic carbocycles. The number of nitrogens with one attached hydrogen (secondary N) is 1. The van der Waals surface area contributed by atoms with Crippen LogP contribution in [0.5, 0.6) is 0 Å². The molecule has 1 saturated heterocycles. The van der Waals surface area contributed by atoms with Gasteiger partial charge in [0.05, 0.1) is 35.3 Å². The van der Waals surface area contributed by atoms with Crippen molar-refractivity contribution >= 4 is 46.3 Å². The van der Waals surface area contributed by atoms with Gasteiger partial charge in [0.25, 0.3) is 5.91 Å². The number of halogens is 1. The van der Waals surface area contributed by atoms with Gasteiger partial charge in [-0.3, -0.25) is 4.79 Å². The van der Waals surface area contributed by atoms with E-state index >= 15 is 0 Å². The average molecular weight is 415 g/mol. The summed E-state index contributed by atoms with van der Waals surface area (Å²) in [5.74, 6) is 0.0781. The van der Waals surface area contributed by atoms with E-state index in [0.29, 0.717) is 35.5 Å². The zero-order valence-corrected chi connectivity index (χ0v) is 16.7. The number of hydrogen-bond donors (Lipinski definition) is 1. The second kappa shape index (κ2) is 8.31. The van der Waals surface area contributed by atoms with Crippen LogP contribution in [0.4, 0.5) is 11.4 Å². The number of rotatable bonds is 5. The summed E-state index contributed by atoms with van der Waals surface area (Å²) in [5.41, 5.74) is 2.11. The van der Waals surface area contributed by atoms with E-state index in [1.807, 2.05) is 17.5 Å². The Morgan fingerprint density at radius 2 is 2.18 bits per heavy atom. The fraction of sp³-hybridized carbons (Fsp3) is 0.350. The topological polar surface area (TPSA) is 78.2 Å². The van der Waals surface area contributed by atoms with Crippen molar-refractivity contribution in [2.75, 3.05) is 36.5 Å². The van der Waals surface area contributed by atoms with Crippen molar-refractivity contribution in [1.82, 2.24) is 4.98 Å². The molecule has 4 rings (SSSR count). The predicted molar refractivity (Wildman–Crippen MR) is 111 cm³/mol. The molecule has 0 unspecified atom stereocenters. The second-order valence-electron chi connectivity index (χ2n) is 6.77. The molecule has 1 amide bonds. The normalized spacial score (nSPS) is 17.3. The summed E-state index contributed by atoms with van der Waals surface area (Å²) in [6.07, 6.45) is 3.87. The lowest BCUT2D eigenvalue weighted by Crippen LogP contribution is -2.36. The molecule has 2 fully saturated rings. The molecule has 2 aliphatic rings. The molecule has 28 heavy (non-hydrogen) atoms. The van der Waals surface area contributed by atoms with E-state index < -0.39 is 5.91 Å². The Balaban J connectivity index is 1.55. The number of carbonyl (C=O) groups is 1. The minimum atomic E-state index is -0.472. The third-order valence-electron chi connectivity index (χ3n) is 4.68. The van der Waals surface area contributed by atoms with E-state index in [9.17, 15) is 10.1 Å². The first-order chi connectivity index (χ1) is 13.6. The summed E-state index contributed by atoms with van der Waals surface area (Å²) < 4.78 is 5.40. The highest BCUT2D eigenvalue weighted by molar-refractivity contribution is 7.09. The largest absolute Gasteiger partial charge is 0.378 e. The number of thiazole rings is 1. The summed E-state index contributed by atoms with van der Waals surface area (Å²) in [5, 5.41) is 15.8. The van der Waals surface area contributed by atoms with Crippen LogP contribution in [-0.2, 0) is 9.53 Å². The van der Waals surface area contributed by atoms with Gasteiger partial charge in [-0.2, -0.15) is 5.26 Å². The molecule has 1 aromatic heterocycles. The number of anilines is 2. The van der Waals surface area contributed by atoms with Crippen LogP contribution in [0.15, 0.2) is 29.2 Å². The van der Waals surface area contributed by atoms with Crippen molar-refractivity contribution in [3.05, 3.63) is 44.9 Å². The van der Waals surface area contributed by atoms with E-state index in [0.717, 1.165) is 23.8 Å². The molecular formula is C20H19ClN4O2S. The maximum Gasteiger partial charge on any atom is 0.266 e. The van der Waals surface area contributed by atoms with Crippen LogP contribution >= 0.6 is 22.9 Å². The fourth-order valence-electron chi connectivity index (χ4n) is 3.06. The SMILES string of the molecule is N#C/C(=C/c1csc(C2CC2)n1)C(=O)Nc1cc(Cl)ccc1N1CCOCC1. The molecule has 0 bridgehead atoms. The molecule has 2 heterocycles. The monoisotopic (exact) mass is 414 g/mol. The first-order valence-corrected chi connectivity index (χ1v) is 10.4. The van der Waals surface area contributed by atoms with E-state index in [1.165, 1.54) is 18.9 Å². The van der Waals surface area contributed by atoms with Crippen LogP contribution in [0.3, 0.4) is 0 Å². The number of hydrogen-bond acceptors (Lipinski definition) is 6. The zero-order chi connectivity index (χ0) is 19.5. The number of nitriles is 1. The third kappa shape index (κ3) is 4.36. The highest BCUT2D eigenvalue weighted by Crippen LogP contribution is 2.41. The Bertz CT molecular complexity index is 955. The molecule has 0 atom stereocenters. The molecule has 1 aliphatic heterocycles. The maximum atomic E-state index is 12.7. The maximum absolute atomic E-state index is 12.7. The molecule has 2 aromatic rings. The van der Waals surface area contributed by atoms with Gasteiger partial charge in [-0.05, 0) is 37.1 Å². The summed E-state index contributed by atoms with van der Waals surface area (Å²) in [7, 11) is 0. The molecule has 0 spiro atoms. The Labute approximate surface area is 172 Å². The van der Waals surface area contributed by atoms with Gasteiger partial charge in [-0.1, -0.05) is 11.6 Å². The van der Waals surface area contributed by atoms with Crippen molar-refractivity contribution in [3.63, 3.8) is 0 Å². The van der Waals surface area contributed by atoms with E-state index in [-0.39, 0.29) is 5.57 Å². The molecular weight excluding hydrogens is 396 g/mol. The van der Waals surface area contributed by atoms with Crippen molar-refractivity contribution < 1.29 is 9.53 Å². The number of carbonyl (C=O) groups excluding carboxylic acids is 1. The summed E-state index contributed by atoms with van der Waals surface area (Å²) >= 11 is 7.72.